The first kappa shape index (κ1) is 12.7. The zero-order valence-corrected chi connectivity index (χ0v) is 11.3. The second-order valence-electron chi connectivity index (χ2n) is 5.60. The molecule has 3 nitrogen and oxygen atoms in total. The van der Waals surface area contributed by atoms with E-state index in [0.717, 1.165) is 26.3 Å². The summed E-state index contributed by atoms with van der Waals surface area (Å²) in [6.45, 7) is 8.06. The fraction of sp³-hybridized carbons (Fsp3) is 1.00. The molecule has 2 aliphatic heterocycles. The maximum atomic E-state index is 6.09. The molecule has 0 aliphatic carbocycles. The summed E-state index contributed by atoms with van der Waals surface area (Å²) >= 11 is 2.06. The molecule has 0 saturated carbocycles. The van der Waals surface area contributed by atoms with Gasteiger partial charge in [0.25, 0.3) is 0 Å². The SMILES string of the molecule is CC1(C)COCCN1C1(CN)CCCSC1. The van der Waals surface area contributed by atoms with E-state index >= 15 is 0 Å². The molecule has 1 unspecified atom stereocenters. The van der Waals surface area contributed by atoms with Gasteiger partial charge in [-0.1, -0.05) is 0 Å². The van der Waals surface area contributed by atoms with Gasteiger partial charge in [0, 0.05) is 29.9 Å². The average Bonchev–Trinajstić information content (AvgIpc) is 2.29. The minimum absolute atomic E-state index is 0.134. The predicted octanol–water partition coefficient (Wildman–Crippen LogP) is 1.32. The van der Waals surface area contributed by atoms with Gasteiger partial charge >= 0.3 is 0 Å². The van der Waals surface area contributed by atoms with E-state index in [4.69, 9.17) is 10.5 Å². The summed E-state index contributed by atoms with van der Waals surface area (Å²) in [4.78, 5) is 2.62. The van der Waals surface area contributed by atoms with Crippen LogP contribution in [0.3, 0.4) is 0 Å². The Morgan fingerprint density at radius 2 is 2.25 bits per heavy atom. The van der Waals surface area contributed by atoms with Gasteiger partial charge in [0.1, 0.15) is 0 Å². The Labute approximate surface area is 103 Å². The predicted molar refractivity (Wildman–Crippen MR) is 69.9 cm³/mol. The third kappa shape index (κ3) is 2.26. The van der Waals surface area contributed by atoms with Crippen molar-refractivity contribution in [2.45, 2.75) is 37.8 Å². The Morgan fingerprint density at radius 1 is 1.44 bits per heavy atom. The summed E-state index contributed by atoms with van der Waals surface area (Å²) in [5, 5.41) is 0. The first-order valence-electron chi connectivity index (χ1n) is 6.24. The highest BCUT2D eigenvalue weighted by Crippen LogP contribution is 2.37. The van der Waals surface area contributed by atoms with Gasteiger partial charge in [-0.15, -0.1) is 0 Å². The summed E-state index contributed by atoms with van der Waals surface area (Å²) in [5.74, 6) is 2.49. The second-order valence-corrected chi connectivity index (χ2v) is 6.71. The Hall–Kier alpha value is 0.230. The molecule has 0 spiro atoms. The van der Waals surface area contributed by atoms with Crippen molar-refractivity contribution in [2.24, 2.45) is 5.73 Å². The lowest BCUT2D eigenvalue weighted by Gasteiger charge is -2.54. The highest BCUT2D eigenvalue weighted by atomic mass is 32.2. The molecule has 0 aromatic heterocycles. The molecule has 0 bridgehead atoms. The molecular formula is C12H24N2OS. The van der Waals surface area contributed by atoms with Crippen LogP contribution in [0, 0.1) is 0 Å². The molecule has 0 amide bonds. The smallest absolute Gasteiger partial charge is 0.0645 e. The Kier molecular flexibility index (Phi) is 3.84. The third-order valence-corrected chi connectivity index (χ3v) is 5.22. The molecule has 0 aromatic carbocycles. The highest BCUT2D eigenvalue weighted by molar-refractivity contribution is 7.99. The third-order valence-electron chi connectivity index (χ3n) is 3.90. The molecule has 0 radical (unpaired) electrons. The Balaban J connectivity index is 2.18. The number of nitrogens with zero attached hydrogens (tertiary/aromatic N) is 1. The van der Waals surface area contributed by atoms with Crippen molar-refractivity contribution < 1.29 is 4.74 Å². The normalized spacial score (nSPS) is 36.2. The highest BCUT2D eigenvalue weighted by Gasteiger charge is 2.45. The minimum atomic E-state index is 0.134. The van der Waals surface area contributed by atoms with Crippen LogP contribution >= 0.6 is 11.8 Å². The van der Waals surface area contributed by atoms with Gasteiger partial charge in [0.2, 0.25) is 0 Å². The van der Waals surface area contributed by atoms with Gasteiger partial charge in [0.15, 0.2) is 0 Å². The molecule has 2 heterocycles. The van der Waals surface area contributed by atoms with E-state index in [2.05, 4.69) is 30.5 Å². The lowest BCUT2D eigenvalue weighted by Crippen LogP contribution is -2.67. The van der Waals surface area contributed by atoms with Crippen molar-refractivity contribution in [3.63, 3.8) is 0 Å². The summed E-state index contributed by atoms with van der Waals surface area (Å²) in [5.41, 5.74) is 6.45. The lowest BCUT2D eigenvalue weighted by molar-refractivity contribution is -0.0999. The molecule has 2 saturated heterocycles. The fourth-order valence-corrected chi connectivity index (χ4v) is 4.35. The van der Waals surface area contributed by atoms with Gasteiger partial charge in [-0.25, -0.2) is 0 Å². The van der Waals surface area contributed by atoms with Crippen LogP contribution in [0.15, 0.2) is 0 Å². The zero-order chi connectivity index (χ0) is 11.6. The first-order valence-corrected chi connectivity index (χ1v) is 7.40. The molecule has 2 N–H and O–H groups in total. The van der Waals surface area contributed by atoms with Crippen LogP contribution in [0.5, 0.6) is 0 Å². The van der Waals surface area contributed by atoms with Crippen LogP contribution in [0.2, 0.25) is 0 Å². The number of morpholine rings is 1. The lowest BCUT2D eigenvalue weighted by atomic mass is 9.87. The summed E-state index contributed by atoms with van der Waals surface area (Å²) in [6, 6.07) is 0. The van der Waals surface area contributed by atoms with Crippen LogP contribution < -0.4 is 5.73 Å². The number of ether oxygens (including phenoxy) is 1. The number of rotatable bonds is 2. The topological polar surface area (TPSA) is 38.5 Å². The molecule has 2 fully saturated rings. The van der Waals surface area contributed by atoms with Gasteiger partial charge in [0.05, 0.1) is 13.2 Å². The Morgan fingerprint density at radius 3 is 2.81 bits per heavy atom. The van der Waals surface area contributed by atoms with Crippen LogP contribution in [0.1, 0.15) is 26.7 Å². The maximum absolute atomic E-state index is 6.09. The maximum Gasteiger partial charge on any atom is 0.0645 e. The van der Waals surface area contributed by atoms with Crippen LogP contribution in [-0.2, 0) is 4.74 Å². The monoisotopic (exact) mass is 244 g/mol. The standard InChI is InChI=1S/C12H24N2OS/c1-11(2)9-15-6-5-14(11)12(8-13)4-3-7-16-10-12/h3-10,13H2,1-2H3. The number of thioether (sulfide) groups is 1. The van der Waals surface area contributed by atoms with E-state index < -0.39 is 0 Å². The zero-order valence-electron chi connectivity index (χ0n) is 10.5. The summed E-state index contributed by atoms with van der Waals surface area (Å²) < 4.78 is 5.61. The van der Waals surface area contributed by atoms with Crippen LogP contribution in [0.25, 0.3) is 0 Å². The largest absolute Gasteiger partial charge is 0.378 e. The summed E-state index contributed by atoms with van der Waals surface area (Å²) in [6.07, 6.45) is 2.55. The molecule has 2 rings (SSSR count). The first-order chi connectivity index (χ1) is 7.61. The van der Waals surface area contributed by atoms with Crippen molar-refractivity contribution in [2.75, 3.05) is 37.8 Å². The van der Waals surface area contributed by atoms with Crippen molar-refractivity contribution in [3.8, 4) is 0 Å². The molecule has 1 atom stereocenters. The number of hydrogen-bond acceptors (Lipinski definition) is 4. The molecule has 4 heteroatoms. The Bertz CT molecular complexity index is 239. The van der Waals surface area contributed by atoms with Crippen molar-refractivity contribution in [1.82, 2.24) is 4.90 Å². The number of hydrogen-bond donors (Lipinski definition) is 1. The van der Waals surface area contributed by atoms with E-state index in [-0.39, 0.29) is 11.1 Å². The van der Waals surface area contributed by atoms with E-state index in [9.17, 15) is 0 Å². The quantitative estimate of drug-likeness (QED) is 0.795. The van der Waals surface area contributed by atoms with Crippen LogP contribution in [0.4, 0.5) is 0 Å². The number of nitrogens with two attached hydrogens (primary N) is 1. The van der Waals surface area contributed by atoms with Gasteiger partial charge in [-0.2, -0.15) is 11.8 Å². The van der Waals surface area contributed by atoms with Gasteiger partial charge in [-0.05, 0) is 32.4 Å². The molecular weight excluding hydrogens is 220 g/mol. The van der Waals surface area contributed by atoms with Crippen LogP contribution in [-0.4, -0.2) is 53.8 Å². The summed E-state index contributed by atoms with van der Waals surface area (Å²) in [7, 11) is 0. The second kappa shape index (κ2) is 4.84. The van der Waals surface area contributed by atoms with Crippen molar-refractivity contribution in [3.05, 3.63) is 0 Å². The van der Waals surface area contributed by atoms with Gasteiger partial charge in [-0.3, -0.25) is 4.90 Å². The van der Waals surface area contributed by atoms with E-state index in [1.165, 1.54) is 24.3 Å². The minimum Gasteiger partial charge on any atom is -0.378 e. The van der Waals surface area contributed by atoms with E-state index in [1.807, 2.05) is 0 Å². The van der Waals surface area contributed by atoms with E-state index in [1.54, 1.807) is 0 Å². The molecule has 94 valence electrons. The van der Waals surface area contributed by atoms with Crippen molar-refractivity contribution in [1.29, 1.82) is 0 Å². The van der Waals surface area contributed by atoms with Crippen molar-refractivity contribution >= 4 is 11.8 Å². The molecule has 16 heavy (non-hydrogen) atoms. The van der Waals surface area contributed by atoms with Gasteiger partial charge < -0.3 is 10.5 Å². The fourth-order valence-electron chi connectivity index (χ4n) is 3.06. The molecule has 0 aromatic rings. The average molecular weight is 244 g/mol. The van der Waals surface area contributed by atoms with E-state index in [0.29, 0.717) is 0 Å². The molecule has 2 aliphatic rings.